The summed E-state index contributed by atoms with van der Waals surface area (Å²) in [6, 6.07) is 6.68. The van der Waals surface area contributed by atoms with Gasteiger partial charge in [-0.15, -0.1) is 0 Å². The van der Waals surface area contributed by atoms with E-state index >= 15 is 0 Å². The Kier molecular flexibility index (Phi) is 5.11. The zero-order valence-corrected chi connectivity index (χ0v) is 13.4. The lowest BCUT2D eigenvalue weighted by Gasteiger charge is -2.38. The summed E-state index contributed by atoms with van der Waals surface area (Å²) in [6.45, 7) is 1.95. The number of hydrogen-bond acceptors (Lipinski definition) is 2. The summed E-state index contributed by atoms with van der Waals surface area (Å²) in [7, 11) is 0. The molecule has 1 fully saturated rings. The van der Waals surface area contributed by atoms with Crippen molar-refractivity contribution in [3.05, 3.63) is 47.8 Å². The molecular weight excluding hydrogens is 293 g/mol. The first kappa shape index (κ1) is 16.2. The second-order valence-corrected chi connectivity index (χ2v) is 6.65. The largest absolute Gasteiger partial charge is 0.381 e. The van der Waals surface area contributed by atoms with E-state index in [-0.39, 0.29) is 17.1 Å². The third-order valence-corrected chi connectivity index (χ3v) is 5.09. The van der Waals surface area contributed by atoms with Crippen molar-refractivity contribution < 1.29 is 13.9 Å². The lowest BCUT2D eigenvalue weighted by molar-refractivity contribution is -0.122. The van der Waals surface area contributed by atoms with Gasteiger partial charge < -0.3 is 10.1 Å². The van der Waals surface area contributed by atoms with Crippen LogP contribution in [0.2, 0.25) is 0 Å². The molecule has 1 atom stereocenters. The van der Waals surface area contributed by atoms with Crippen LogP contribution in [0, 0.1) is 11.7 Å². The van der Waals surface area contributed by atoms with Gasteiger partial charge in [-0.05, 0) is 49.3 Å². The molecule has 0 bridgehead atoms. The first-order chi connectivity index (χ1) is 11.2. The molecule has 1 aliphatic carbocycles. The Labute approximate surface area is 136 Å². The average Bonchev–Trinajstić information content (AvgIpc) is 3.07. The zero-order chi connectivity index (χ0) is 16.1. The Hall–Kier alpha value is -1.68. The van der Waals surface area contributed by atoms with Gasteiger partial charge in [0.2, 0.25) is 5.91 Å². The number of benzene rings is 1. The van der Waals surface area contributed by atoms with Gasteiger partial charge in [-0.2, -0.15) is 0 Å². The lowest BCUT2D eigenvalue weighted by Crippen LogP contribution is -2.44. The molecule has 124 valence electrons. The fraction of sp³-hybridized carbons (Fsp3) is 0.526. The van der Waals surface area contributed by atoms with Crippen molar-refractivity contribution in [3.63, 3.8) is 0 Å². The minimum absolute atomic E-state index is 0.106. The second kappa shape index (κ2) is 7.26. The van der Waals surface area contributed by atoms with Crippen LogP contribution in [0.4, 0.5) is 4.39 Å². The molecule has 2 aliphatic rings. The summed E-state index contributed by atoms with van der Waals surface area (Å²) in [4.78, 5) is 12.2. The van der Waals surface area contributed by atoms with E-state index in [4.69, 9.17) is 4.74 Å². The Bertz CT molecular complexity index is 561. The second-order valence-electron chi connectivity index (χ2n) is 6.65. The van der Waals surface area contributed by atoms with Crippen molar-refractivity contribution in [3.8, 4) is 0 Å². The van der Waals surface area contributed by atoms with Crippen LogP contribution in [0.25, 0.3) is 0 Å². The zero-order valence-electron chi connectivity index (χ0n) is 13.4. The van der Waals surface area contributed by atoms with Gasteiger partial charge in [0, 0.05) is 31.6 Å². The molecule has 1 aromatic carbocycles. The van der Waals surface area contributed by atoms with Gasteiger partial charge in [0.15, 0.2) is 0 Å². The number of nitrogens with one attached hydrogen (secondary N) is 1. The molecule has 23 heavy (non-hydrogen) atoms. The van der Waals surface area contributed by atoms with Crippen molar-refractivity contribution in [2.75, 3.05) is 19.8 Å². The van der Waals surface area contributed by atoms with Crippen LogP contribution < -0.4 is 5.32 Å². The summed E-state index contributed by atoms with van der Waals surface area (Å²) >= 11 is 0. The maximum atomic E-state index is 13.2. The highest BCUT2D eigenvalue weighted by Crippen LogP contribution is 2.34. The molecule has 0 radical (unpaired) electrons. The Balaban J connectivity index is 1.65. The summed E-state index contributed by atoms with van der Waals surface area (Å²) in [5.74, 6) is 0.258. The van der Waals surface area contributed by atoms with E-state index in [0.717, 1.165) is 31.2 Å². The standard InChI is InChI=1S/C19H24FNO2/c20-17-7-5-16(6-8-17)19(9-11-23-12-10-19)14-21-18(22)13-15-3-1-2-4-15/h1,3,5-8,15H,2,4,9-14H2,(H,21,22). The van der Waals surface area contributed by atoms with Gasteiger partial charge >= 0.3 is 0 Å². The normalized spacial score (nSPS) is 22.9. The van der Waals surface area contributed by atoms with Crippen molar-refractivity contribution >= 4 is 5.91 Å². The summed E-state index contributed by atoms with van der Waals surface area (Å²) in [5.41, 5.74) is 0.941. The molecule has 3 nitrogen and oxygen atoms in total. The molecule has 1 amide bonds. The van der Waals surface area contributed by atoms with E-state index in [2.05, 4.69) is 17.5 Å². The molecule has 1 aromatic rings. The predicted molar refractivity (Wildman–Crippen MR) is 87.6 cm³/mol. The quantitative estimate of drug-likeness (QED) is 0.846. The highest BCUT2D eigenvalue weighted by molar-refractivity contribution is 5.76. The van der Waals surface area contributed by atoms with Crippen molar-refractivity contribution in [1.29, 1.82) is 0 Å². The van der Waals surface area contributed by atoms with Crippen LogP contribution in [-0.2, 0) is 14.9 Å². The van der Waals surface area contributed by atoms with Crippen LogP contribution in [0.15, 0.2) is 36.4 Å². The highest BCUT2D eigenvalue weighted by atomic mass is 19.1. The van der Waals surface area contributed by atoms with E-state index < -0.39 is 0 Å². The van der Waals surface area contributed by atoms with Crippen molar-refractivity contribution in [1.82, 2.24) is 5.32 Å². The van der Waals surface area contributed by atoms with Gasteiger partial charge in [0.05, 0.1) is 0 Å². The van der Waals surface area contributed by atoms with Crippen molar-refractivity contribution in [2.45, 2.75) is 37.5 Å². The molecule has 1 unspecified atom stereocenters. The number of carbonyl (C=O) groups is 1. The number of hydrogen-bond donors (Lipinski definition) is 1. The van der Waals surface area contributed by atoms with Crippen LogP contribution >= 0.6 is 0 Å². The fourth-order valence-electron chi connectivity index (χ4n) is 3.58. The van der Waals surface area contributed by atoms with E-state index in [1.807, 2.05) is 12.1 Å². The molecule has 4 heteroatoms. The smallest absolute Gasteiger partial charge is 0.220 e. The third-order valence-electron chi connectivity index (χ3n) is 5.09. The molecule has 0 spiro atoms. The minimum Gasteiger partial charge on any atom is -0.381 e. The Morgan fingerprint density at radius 3 is 2.65 bits per heavy atom. The average molecular weight is 317 g/mol. The number of rotatable bonds is 5. The SMILES string of the molecule is O=C(CC1C=CCC1)NCC1(c2ccc(F)cc2)CCOCC1. The fourth-order valence-corrected chi connectivity index (χ4v) is 3.58. The summed E-state index contributed by atoms with van der Waals surface area (Å²) < 4.78 is 18.7. The number of carbonyl (C=O) groups excluding carboxylic acids is 1. The minimum atomic E-state index is -0.229. The Morgan fingerprint density at radius 1 is 1.26 bits per heavy atom. The number of ether oxygens (including phenoxy) is 1. The van der Waals surface area contributed by atoms with Crippen LogP contribution in [0.1, 0.15) is 37.7 Å². The summed E-state index contributed by atoms with van der Waals surface area (Å²) in [6.07, 6.45) is 8.70. The molecule has 1 heterocycles. The predicted octanol–water partition coefficient (Wildman–Crippen LogP) is 3.35. The molecular formula is C19H24FNO2. The highest BCUT2D eigenvalue weighted by Gasteiger charge is 2.35. The monoisotopic (exact) mass is 317 g/mol. The topological polar surface area (TPSA) is 38.3 Å². The molecule has 1 N–H and O–H groups in total. The van der Waals surface area contributed by atoms with E-state index in [9.17, 15) is 9.18 Å². The van der Waals surface area contributed by atoms with Crippen LogP contribution in [-0.4, -0.2) is 25.7 Å². The van der Waals surface area contributed by atoms with Gasteiger partial charge in [-0.1, -0.05) is 24.3 Å². The van der Waals surface area contributed by atoms with Gasteiger partial charge in [0.1, 0.15) is 5.82 Å². The maximum Gasteiger partial charge on any atom is 0.220 e. The lowest BCUT2D eigenvalue weighted by atomic mass is 9.74. The molecule has 3 rings (SSSR count). The third kappa shape index (κ3) is 3.99. The molecule has 1 aliphatic heterocycles. The van der Waals surface area contributed by atoms with E-state index in [1.165, 1.54) is 12.1 Å². The molecule has 0 aromatic heterocycles. The van der Waals surface area contributed by atoms with Gasteiger partial charge in [-0.25, -0.2) is 4.39 Å². The number of allylic oxidation sites excluding steroid dienone is 2. The molecule has 1 saturated heterocycles. The van der Waals surface area contributed by atoms with Gasteiger partial charge in [-0.3, -0.25) is 4.79 Å². The molecule has 0 saturated carbocycles. The maximum absolute atomic E-state index is 13.2. The summed E-state index contributed by atoms with van der Waals surface area (Å²) in [5, 5.41) is 3.11. The van der Waals surface area contributed by atoms with Crippen LogP contribution in [0.5, 0.6) is 0 Å². The first-order valence-electron chi connectivity index (χ1n) is 8.45. The van der Waals surface area contributed by atoms with Gasteiger partial charge in [0.25, 0.3) is 0 Å². The number of halogens is 1. The van der Waals surface area contributed by atoms with Crippen molar-refractivity contribution in [2.24, 2.45) is 5.92 Å². The number of amides is 1. The van der Waals surface area contributed by atoms with Crippen LogP contribution in [0.3, 0.4) is 0 Å². The first-order valence-corrected chi connectivity index (χ1v) is 8.45. The Morgan fingerprint density at radius 2 is 2.00 bits per heavy atom. The van der Waals surface area contributed by atoms with E-state index in [1.54, 1.807) is 0 Å². The van der Waals surface area contributed by atoms with E-state index in [0.29, 0.717) is 32.1 Å².